The summed E-state index contributed by atoms with van der Waals surface area (Å²) in [7, 11) is 0. The van der Waals surface area contributed by atoms with E-state index in [-0.39, 0.29) is 11.5 Å². The first-order valence-corrected chi connectivity index (χ1v) is 6.63. The number of halogens is 1. The average Bonchev–Trinajstić information content (AvgIpc) is 2.48. The van der Waals surface area contributed by atoms with Crippen LogP contribution in [-0.2, 0) is 11.2 Å². The molecular formula is C17H15FN2O. The Morgan fingerprint density at radius 3 is 2.62 bits per heavy atom. The van der Waals surface area contributed by atoms with Gasteiger partial charge >= 0.3 is 0 Å². The van der Waals surface area contributed by atoms with Gasteiger partial charge in [-0.05, 0) is 37.1 Å². The lowest BCUT2D eigenvalue weighted by Crippen LogP contribution is -2.13. The Balaban J connectivity index is 1.96. The summed E-state index contributed by atoms with van der Waals surface area (Å²) < 4.78 is 13.0. The molecule has 21 heavy (non-hydrogen) atoms. The number of rotatable bonds is 4. The van der Waals surface area contributed by atoms with Gasteiger partial charge in [-0.15, -0.1) is 0 Å². The van der Waals surface area contributed by atoms with Crippen LogP contribution in [0.5, 0.6) is 0 Å². The number of anilines is 1. The van der Waals surface area contributed by atoms with Gasteiger partial charge < -0.3 is 5.32 Å². The molecule has 0 unspecified atom stereocenters. The van der Waals surface area contributed by atoms with Crippen LogP contribution < -0.4 is 5.32 Å². The van der Waals surface area contributed by atoms with E-state index in [2.05, 4.69) is 5.32 Å². The lowest BCUT2D eigenvalue weighted by atomic mass is 10.1. The molecule has 0 bridgehead atoms. The second kappa shape index (κ2) is 6.67. The minimum absolute atomic E-state index is 0.124. The van der Waals surface area contributed by atoms with Gasteiger partial charge in [-0.3, -0.25) is 4.79 Å². The molecule has 0 atom stereocenters. The Labute approximate surface area is 123 Å². The van der Waals surface area contributed by atoms with E-state index in [1.54, 1.807) is 0 Å². The van der Waals surface area contributed by atoms with Gasteiger partial charge in [-0.25, -0.2) is 4.39 Å². The largest absolute Gasteiger partial charge is 0.325 e. The fraction of sp³-hybridized carbons (Fsp3) is 0.176. The molecule has 2 aromatic carbocycles. The van der Waals surface area contributed by atoms with E-state index in [0.29, 0.717) is 18.5 Å². The number of carbonyl (C=O) groups is 1. The number of amides is 1. The Morgan fingerprint density at radius 2 is 1.95 bits per heavy atom. The van der Waals surface area contributed by atoms with Gasteiger partial charge in [0, 0.05) is 6.42 Å². The minimum Gasteiger partial charge on any atom is -0.325 e. The van der Waals surface area contributed by atoms with Crippen LogP contribution in [-0.4, -0.2) is 5.91 Å². The lowest BCUT2D eigenvalue weighted by Gasteiger charge is -2.07. The summed E-state index contributed by atoms with van der Waals surface area (Å²) in [5.74, 6) is -0.692. The highest BCUT2D eigenvalue weighted by Gasteiger charge is 2.08. The van der Waals surface area contributed by atoms with Crippen LogP contribution in [0.4, 0.5) is 10.1 Å². The van der Waals surface area contributed by atoms with E-state index < -0.39 is 5.82 Å². The molecule has 4 heteroatoms. The zero-order valence-corrected chi connectivity index (χ0v) is 11.7. The van der Waals surface area contributed by atoms with Crippen LogP contribution in [0.2, 0.25) is 0 Å². The van der Waals surface area contributed by atoms with Crippen molar-refractivity contribution in [3.63, 3.8) is 0 Å². The summed E-state index contributed by atoms with van der Waals surface area (Å²) in [6.45, 7) is 2.01. The van der Waals surface area contributed by atoms with Crippen molar-refractivity contribution in [1.29, 1.82) is 5.26 Å². The van der Waals surface area contributed by atoms with Gasteiger partial charge in [-0.2, -0.15) is 5.26 Å². The van der Waals surface area contributed by atoms with E-state index in [4.69, 9.17) is 5.26 Å². The molecule has 1 N–H and O–H groups in total. The van der Waals surface area contributed by atoms with Gasteiger partial charge in [0.25, 0.3) is 0 Å². The van der Waals surface area contributed by atoms with Gasteiger partial charge in [-0.1, -0.05) is 29.8 Å². The number of carbonyl (C=O) groups excluding carboxylic acids is 1. The highest BCUT2D eigenvalue weighted by Crippen LogP contribution is 2.16. The highest BCUT2D eigenvalue weighted by atomic mass is 19.1. The summed E-state index contributed by atoms with van der Waals surface area (Å²) in [6.07, 6.45) is 0.931. The molecule has 0 aliphatic heterocycles. The first kappa shape index (κ1) is 14.7. The van der Waals surface area contributed by atoms with E-state index in [9.17, 15) is 9.18 Å². The summed E-state index contributed by atoms with van der Waals surface area (Å²) in [6, 6.07) is 13.6. The zero-order chi connectivity index (χ0) is 15.2. The van der Waals surface area contributed by atoms with Gasteiger partial charge in [0.2, 0.25) is 5.91 Å². The maximum atomic E-state index is 13.0. The van der Waals surface area contributed by atoms with Crippen molar-refractivity contribution in [2.24, 2.45) is 0 Å². The van der Waals surface area contributed by atoms with Gasteiger partial charge in [0.05, 0.1) is 11.3 Å². The number of hydrogen-bond acceptors (Lipinski definition) is 2. The summed E-state index contributed by atoms with van der Waals surface area (Å²) in [4.78, 5) is 11.9. The molecule has 0 radical (unpaired) electrons. The summed E-state index contributed by atoms with van der Waals surface area (Å²) in [5, 5.41) is 11.6. The second-order valence-electron chi connectivity index (χ2n) is 4.84. The SMILES string of the molecule is Cc1ccc(CCC(=O)Nc2ccc(F)cc2C#N)cc1. The molecule has 2 aromatic rings. The normalized spacial score (nSPS) is 9.95. The van der Waals surface area contributed by atoms with Crippen LogP contribution in [0.3, 0.4) is 0 Å². The van der Waals surface area contributed by atoms with Crippen molar-refractivity contribution in [3.8, 4) is 6.07 Å². The lowest BCUT2D eigenvalue weighted by molar-refractivity contribution is -0.116. The maximum Gasteiger partial charge on any atom is 0.224 e. The molecule has 0 fully saturated rings. The van der Waals surface area contributed by atoms with Crippen molar-refractivity contribution in [2.75, 3.05) is 5.32 Å². The average molecular weight is 282 g/mol. The smallest absolute Gasteiger partial charge is 0.224 e. The Morgan fingerprint density at radius 1 is 1.24 bits per heavy atom. The molecule has 0 spiro atoms. The van der Waals surface area contributed by atoms with Gasteiger partial charge in [0.1, 0.15) is 11.9 Å². The molecule has 0 aliphatic carbocycles. The number of nitrogens with zero attached hydrogens (tertiary/aromatic N) is 1. The molecule has 106 valence electrons. The van der Waals surface area contributed by atoms with E-state index in [1.807, 2.05) is 37.3 Å². The number of nitrogens with one attached hydrogen (secondary N) is 1. The standard InChI is InChI=1S/C17H15FN2O/c1-12-2-4-13(5-3-12)6-9-17(21)20-16-8-7-15(18)10-14(16)11-19/h2-5,7-8,10H,6,9H2,1H3,(H,20,21). The third-order valence-corrected chi connectivity index (χ3v) is 3.14. The van der Waals surface area contributed by atoms with Crippen LogP contribution in [0.25, 0.3) is 0 Å². The number of nitriles is 1. The Bertz CT molecular complexity index is 687. The molecular weight excluding hydrogens is 267 g/mol. The highest BCUT2D eigenvalue weighted by molar-refractivity contribution is 5.92. The van der Waals surface area contributed by atoms with Crippen molar-refractivity contribution < 1.29 is 9.18 Å². The van der Waals surface area contributed by atoms with Crippen molar-refractivity contribution in [1.82, 2.24) is 0 Å². The minimum atomic E-state index is -0.496. The number of aryl methyl sites for hydroxylation is 2. The predicted octanol–water partition coefficient (Wildman–Crippen LogP) is 3.58. The first-order chi connectivity index (χ1) is 10.1. The van der Waals surface area contributed by atoms with E-state index in [0.717, 1.165) is 11.6 Å². The van der Waals surface area contributed by atoms with Crippen molar-refractivity contribution in [3.05, 3.63) is 65.0 Å². The van der Waals surface area contributed by atoms with Crippen LogP contribution in [0.1, 0.15) is 23.1 Å². The zero-order valence-electron chi connectivity index (χ0n) is 11.7. The number of hydrogen-bond donors (Lipinski definition) is 1. The van der Waals surface area contributed by atoms with Crippen LogP contribution in [0, 0.1) is 24.1 Å². The quantitative estimate of drug-likeness (QED) is 0.932. The van der Waals surface area contributed by atoms with Crippen molar-refractivity contribution in [2.45, 2.75) is 19.8 Å². The number of benzene rings is 2. The third-order valence-electron chi connectivity index (χ3n) is 3.14. The van der Waals surface area contributed by atoms with Crippen LogP contribution in [0.15, 0.2) is 42.5 Å². The molecule has 0 saturated carbocycles. The maximum absolute atomic E-state index is 13.0. The fourth-order valence-corrected chi connectivity index (χ4v) is 1.94. The Kier molecular flexibility index (Phi) is 4.68. The van der Waals surface area contributed by atoms with E-state index >= 15 is 0 Å². The molecule has 3 nitrogen and oxygen atoms in total. The summed E-state index contributed by atoms with van der Waals surface area (Å²) >= 11 is 0. The molecule has 2 rings (SSSR count). The topological polar surface area (TPSA) is 52.9 Å². The molecule has 1 amide bonds. The Hall–Kier alpha value is -2.67. The molecule has 0 aromatic heterocycles. The van der Waals surface area contributed by atoms with Crippen molar-refractivity contribution >= 4 is 11.6 Å². The van der Waals surface area contributed by atoms with Crippen LogP contribution >= 0.6 is 0 Å². The van der Waals surface area contributed by atoms with E-state index in [1.165, 1.54) is 17.7 Å². The summed E-state index contributed by atoms with van der Waals surface area (Å²) in [5.41, 5.74) is 2.72. The first-order valence-electron chi connectivity index (χ1n) is 6.63. The fourth-order valence-electron chi connectivity index (χ4n) is 1.94. The predicted molar refractivity (Wildman–Crippen MR) is 79.2 cm³/mol. The second-order valence-corrected chi connectivity index (χ2v) is 4.84. The molecule has 0 saturated heterocycles. The molecule has 0 aliphatic rings. The molecule has 0 heterocycles. The van der Waals surface area contributed by atoms with Gasteiger partial charge in [0.15, 0.2) is 0 Å². The third kappa shape index (κ3) is 4.15. The monoisotopic (exact) mass is 282 g/mol.